The summed E-state index contributed by atoms with van der Waals surface area (Å²) in [4.78, 5) is 1.39. The van der Waals surface area contributed by atoms with Gasteiger partial charge < -0.3 is 5.73 Å². The van der Waals surface area contributed by atoms with Gasteiger partial charge in [0.25, 0.3) is 0 Å². The Balaban J connectivity index is 1.79. The van der Waals surface area contributed by atoms with E-state index in [1.807, 2.05) is 6.07 Å². The van der Waals surface area contributed by atoms with Gasteiger partial charge in [-0.15, -0.1) is 11.3 Å². The number of thiophene rings is 1. The first-order valence-corrected chi connectivity index (χ1v) is 8.04. The minimum absolute atomic E-state index is 0.0237. The average Bonchev–Trinajstić information content (AvgIpc) is 2.86. The highest BCUT2D eigenvalue weighted by Crippen LogP contribution is 2.18. The summed E-state index contributed by atoms with van der Waals surface area (Å²) in [6.07, 6.45) is 3.64. The summed E-state index contributed by atoms with van der Waals surface area (Å²) in [5, 5.41) is 2.09. The zero-order valence-electron chi connectivity index (χ0n) is 10.6. The van der Waals surface area contributed by atoms with E-state index in [1.165, 1.54) is 10.9 Å². The molecule has 19 heavy (non-hydrogen) atoms. The molecular weight excluding hydrogens is 325 g/mol. The SMILES string of the molecule is NC(CCCc1cccs1)Cc1ccc(Br)cc1F. The molecule has 0 amide bonds. The highest BCUT2D eigenvalue weighted by molar-refractivity contribution is 9.10. The summed E-state index contributed by atoms with van der Waals surface area (Å²) in [5.41, 5.74) is 6.78. The lowest BCUT2D eigenvalue weighted by Gasteiger charge is -2.12. The minimum atomic E-state index is -0.178. The van der Waals surface area contributed by atoms with Crippen molar-refractivity contribution in [3.05, 3.63) is 56.4 Å². The number of nitrogens with two attached hydrogens (primary N) is 1. The van der Waals surface area contributed by atoms with Crippen molar-refractivity contribution in [3.8, 4) is 0 Å². The van der Waals surface area contributed by atoms with E-state index in [9.17, 15) is 4.39 Å². The van der Waals surface area contributed by atoms with Gasteiger partial charge in [0.15, 0.2) is 0 Å². The van der Waals surface area contributed by atoms with Crippen LogP contribution in [0, 0.1) is 5.82 Å². The Labute approximate surface area is 125 Å². The molecule has 1 unspecified atom stereocenters. The molecule has 1 nitrogen and oxygen atoms in total. The van der Waals surface area contributed by atoms with E-state index >= 15 is 0 Å². The molecule has 0 aliphatic rings. The van der Waals surface area contributed by atoms with Crippen molar-refractivity contribution in [1.82, 2.24) is 0 Å². The molecule has 0 aliphatic heterocycles. The molecule has 0 fully saturated rings. The standard InChI is InChI=1S/C15H17BrFNS/c16-12-7-6-11(15(17)10-12)9-13(18)3-1-4-14-5-2-8-19-14/h2,5-8,10,13H,1,3-4,9,18H2. The Morgan fingerprint density at radius 1 is 1.32 bits per heavy atom. The summed E-state index contributed by atoms with van der Waals surface area (Å²) >= 11 is 5.03. The lowest BCUT2D eigenvalue weighted by Crippen LogP contribution is -2.23. The van der Waals surface area contributed by atoms with Crippen LogP contribution >= 0.6 is 27.3 Å². The Morgan fingerprint density at radius 3 is 2.84 bits per heavy atom. The second-order valence-electron chi connectivity index (χ2n) is 4.67. The van der Waals surface area contributed by atoms with Gasteiger partial charge in [-0.25, -0.2) is 4.39 Å². The van der Waals surface area contributed by atoms with E-state index in [0.717, 1.165) is 23.7 Å². The van der Waals surface area contributed by atoms with Crippen LogP contribution in [0.4, 0.5) is 4.39 Å². The second-order valence-corrected chi connectivity index (χ2v) is 6.62. The highest BCUT2D eigenvalue weighted by atomic mass is 79.9. The fraction of sp³-hybridized carbons (Fsp3) is 0.333. The molecule has 2 rings (SSSR count). The van der Waals surface area contributed by atoms with Crippen LogP contribution < -0.4 is 5.73 Å². The molecule has 1 aromatic carbocycles. The number of hydrogen-bond acceptors (Lipinski definition) is 2. The van der Waals surface area contributed by atoms with Crippen molar-refractivity contribution in [2.75, 3.05) is 0 Å². The van der Waals surface area contributed by atoms with E-state index < -0.39 is 0 Å². The van der Waals surface area contributed by atoms with Gasteiger partial charge in [-0.1, -0.05) is 28.1 Å². The van der Waals surface area contributed by atoms with Crippen molar-refractivity contribution in [1.29, 1.82) is 0 Å². The third kappa shape index (κ3) is 4.71. The number of hydrogen-bond donors (Lipinski definition) is 1. The van der Waals surface area contributed by atoms with Crippen molar-refractivity contribution in [2.24, 2.45) is 5.73 Å². The van der Waals surface area contributed by atoms with Crippen LogP contribution in [0.2, 0.25) is 0 Å². The van der Waals surface area contributed by atoms with Crippen molar-refractivity contribution in [3.63, 3.8) is 0 Å². The number of benzene rings is 1. The predicted molar refractivity (Wildman–Crippen MR) is 83.0 cm³/mol. The number of aryl methyl sites for hydroxylation is 1. The van der Waals surface area contributed by atoms with Gasteiger partial charge in [-0.2, -0.15) is 0 Å². The molecule has 1 atom stereocenters. The quantitative estimate of drug-likeness (QED) is 0.819. The normalized spacial score (nSPS) is 12.6. The maximum absolute atomic E-state index is 13.7. The third-order valence-electron chi connectivity index (χ3n) is 3.08. The Morgan fingerprint density at radius 2 is 2.16 bits per heavy atom. The minimum Gasteiger partial charge on any atom is -0.327 e. The summed E-state index contributed by atoms with van der Waals surface area (Å²) in [5.74, 6) is -0.178. The summed E-state index contributed by atoms with van der Waals surface area (Å²) in [6.45, 7) is 0. The largest absolute Gasteiger partial charge is 0.327 e. The van der Waals surface area contributed by atoms with Crippen LogP contribution in [0.3, 0.4) is 0 Å². The van der Waals surface area contributed by atoms with E-state index in [-0.39, 0.29) is 11.9 Å². The lowest BCUT2D eigenvalue weighted by molar-refractivity contribution is 0.552. The van der Waals surface area contributed by atoms with Gasteiger partial charge >= 0.3 is 0 Å². The fourth-order valence-electron chi connectivity index (χ4n) is 2.07. The fourth-order valence-corrected chi connectivity index (χ4v) is 3.15. The van der Waals surface area contributed by atoms with Crippen LogP contribution in [0.1, 0.15) is 23.3 Å². The molecule has 0 spiro atoms. The Hall–Kier alpha value is -0.710. The molecule has 0 saturated heterocycles. The number of halogens is 2. The second kappa shape index (κ2) is 7.17. The molecule has 0 saturated carbocycles. The number of rotatable bonds is 6. The smallest absolute Gasteiger partial charge is 0.127 e. The zero-order chi connectivity index (χ0) is 13.7. The van der Waals surface area contributed by atoms with Crippen LogP contribution in [-0.2, 0) is 12.8 Å². The van der Waals surface area contributed by atoms with Crippen molar-refractivity contribution in [2.45, 2.75) is 31.7 Å². The monoisotopic (exact) mass is 341 g/mol. The molecular formula is C15H17BrFNS. The van der Waals surface area contributed by atoms with Gasteiger partial charge in [0.1, 0.15) is 5.82 Å². The topological polar surface area (TPSA) is 26.0 Å². The van der Waals surface area contributed by atoms with Crippen LogP contribution in [0.25, 0.3) is 0 Å². The van der Waals surface area contributed by atoms with Crippen molar-refractivity contribution < 1.29 is 4.39 Å². The van der Waals surface area contributed by atoms with E-state index in [4.69, 9.17) is 5.73 Å². The van der Waals surface area contributed by atoms with Gasteiger partial charge in [0.2, 0.25) is 0 Å². The van der Waals surface area contributed by atoms with Gasteiger partial charge in [0, 0.05) is 15.4 Å². The molecule has 2 aromatic rings. The molecule has 4 heteroatoms. The first kappa shape index (κ1) is 14.7. The molecule has 2 N–H and O–H groups in total. The summed E-state index contributed by atoms with van der Waals surface area (Å²) < 4.78 is 14.4. The summed E-state index contributed by atoms with van der Waals surface area (Å²) in [7, 11) is 0. The van der Waals surface area contributed by atoms with Crippen LogP contribution in [-0.4, -0.2) is 6.04 Å². The van der Waals surface area contributed by atoms with Gasteiger partial charge in [-0.3, -0.25) is 0 Å². The Kier molecular flexibility index (Phi) is 5.55. The van der Waals surface area contributed by atoms with Gasteiger partial charge in [-0.05, 0) is 54.8 Å². The van der Waals surface area contributed by atoms with Crippen LogP contribution in [0.5, 0.6) is 0 Å². The van der Waals surface area contributed by atoms with Crippen LogP contribution in [0.15, 0.2) is 40.2 Å². The van der Waals surface area contributed by atoms with E-state index in [2.05, 4.69) is 33.4 Å². The Bertz CT molecular complexity index is 513. The van der Waals surface area contributed by atoms with E-state index in [1.54, 1.807) is 17.4 Å². The van der Waals surface area contributed by atoms with Crippen molar-refractivity contribution >= 4 is 27.3 Å². The molecule has 0 radical (unpaired) electrons. The first-order valence-electron chi connectivity index (χ1n) is 6.37. The average molecular weight is 342 g/mol. The highest BCUT2D eigenvalue weighted by Gasteiger charge is 2.09. The first-order chi connectivity index (χ1) is 9.15. The molecule has 0 aliphatic carbocycles. The lowest BCUT2D eigenvalue weighted by atomic mass is 10.0. The van der Waals surface area contributed by atoms with Gasteiger partial charge in [0.05, 0.1) is 0 Å². The molecule has 0 bridgehead atoms. The molecule has 1 aromatic heterocycles. The zero-order valence-corrected chi connectivity index (χ0v) is 13.0. The summed E-state index contributed by atoms with van der Waals surface area (Å²) in [6, 6.07) is 9.39. The maximum atomic E-state index is 13.7. The van der Waals surface area contributed by atoms with E-state index in [0.29, 0.717) is 12.0 Å². The molecule has 1 heterocycles. The third-order valence-corrected chi connectivity index (χ3v) is 4.50. The maximum Gasteiger partial charge on any atom is 0.127 e. The molecule has 102 valence electrons. The predicted octanol–water partition coefficient (Wildman–Crippen LogP) is 4.54.